The van der Waals surface area contributed by atoms with Gasteiger partial charge in [-0.05, 0) is 61.4 Å². The van der Waals surface area contributed by atoms with E-state index >= 15 is 0 Å². The minimum Gasteiger partial charge on any atom is -0.508 e. The summed E-state index contributed by atoms with van der Waals surface area (Å²) in [6, 6.07) is 2.22. The van der Waals surface area contributed by atoms with Crippen LogP contribution in [-0.2, 0) is 75.2 Å². The van der Waals surface area contributed by atoms with E-state index in [1.165, 1.54) is 38.1 Å². The van der Waals surface area contributed by atoms with Gasteiger partial charge in [0, 0.05) is 19.3 Å². The summed E-state index contributed by atoms with van der Waals surface area (Å²) in [5, 5.41) is 58.7. The molecule has 0 aliphatic rings. The predicted molar refractivity (Wildman–Crippen MR) is 269 cm³/mol. The van der Waals surface area contributed by atoms with Crippen molar-refractivity contribution in [3.63, 3.8) is 0 Å². The van der Waals surface area contributed by atoms with Crippen LogP contribution in [-0.4, -0.2) is 166 Å². The number of primary amides is 1. The summed E-state index contributed by atoms with van der Waals surface area (Å²) in [4.78, 5) is 166. The molecule has 0 fully saturated rings. The topological polar surface area (TPSA) is 489 Å². The maximum Gasteiger partial charge on any atom is 0.326 e. The molecule has 0 aromatic heterocycles. The van der Waals surface area contributed by atoms with Gasteiger partial charge in [0.15, 0.2) is 0 Å². The highest BCUT2D eigenvalue weighted by molar-refractivity contribution is 5.99. The van der Waals surface area contributed by atoms with Gasteiger partial charge in [0.1, 0.15) is 42.0 Å². The van der Waals surface area contributed by atoms with Crippen molar-refractivity contribution in [2.45, 2.75) is 114 Å². The van der Waals surface area contributed by atoms with Gasteiger partial charge in [-0.2, -0.15) is 0 Å². The number of aromatic hydroxyl groups is 1. The molecule has 422 valence electrons. The summed E-state index contributed by atoms with van der Waals surface area (Å²) in [5.74, 6) is -15.2. The smallest absolute Gasteiger partial charge is 0.326 e. The Kier molecular flexibility index (Phi) is 27.8. The average Bonchev–Trinajstić information content (AvgIpc) is 3.36. The van der Waals surface area contributed by atoms with Gasteiger partial charge in [-0.25, -0.2) is 4.79 Å². The number of nitrogens with two attached hydrogens (primary N) is 3. The van der Waals surface area contributed by atoms with Crippen LogP contribution in [0.5, 0.6) is 5.75 Å². The molecule has 0 aliphatic heterocycles. The number of carbonyl (C=O) groups is 13. The number of hydrogen-bond acceptors (Lipinski definition) is 16. The van der Waals surface area contributed by atoms with Gasteiger partial charge in [0.05, 0.1) is 38.5 Å². The molecule has 2 aromatic rings. The lowest BCUT2D eigenvalue weighted by molar-refractivity contribution is -0.142. The number of nitrogens with one attached hydrogen (secondary N) is 9. The monoisotopic (exact) mass is 1080 g/mol. The SMILES string of the molecule is CC(C)[C@H](NC(=O)[C@@H](N)CCC(=O)O)C(=O)N[C@@H](CC(N)=O)C(=O)N[C@@H](Cc1ccc(O)cc1)C(=O)N[C@@H](CC(=O)O)C(=O)N[C@@H](Cc1ccccc1)C(=O)NCC(=O)NCC(=O)NCC(=O)N[C@@H](CCCCN)C(=O)O. The van der Waals surface area contributed by atoms with Gasteiger partial charge in [0.2, 0.25) is 59.1 Å². The van der Waals surface area contributed by atoms with E-state index in [9.17, 15) is 77.6 Å². The first-order valence-electron chi connectivity index (χ1n) is 24.1. The van der Waals surface area contributed by atoms with Crippen LogP contribution in [0.15, 0.2) is 54.6 Å². The van der Waals surface area contributed by atoms with E-state index in [2.05, 4.69) is 47.9 Å². The van der Waals surface area contributed by atoms with E-state index in [-0.39, 0.29) is 30.6 Å². The van der Waals surface area contributed by atoms with Crippen molar-refractivity contribution in [1.82, 2.24) is 47.9 Å². The molecule has 7 atom stereocenters. The second-order valence-corrected chi connectivity index (χ2v) is 17.9. The fourth-order valence-electron chi connectivity index (χ4n) is 6.98. The lowest BCUT2D eigenvalue weighted by Crippen LogP contribution is -2.61. The Hall–Kier alpha value is -8.73. The zero-order valence-corrected chi connectivity index (χ0v) is 42.3. The van der Waals surface area contributed by atoms with Crippen molar-refractivity contribution < 1.29 is 82.8 Å². The summed E-state index contributed by atoms with van der Waals surface area (Å²) in [5.41, 5.74) is 17.4. The highest BCUT2D eigenvalue weighted by Gasteiger charge is 2.35. The third-order valence-electron chi connectivity index (χ3n) is 11.1. The van der Waals surface area contributed by atoms with Crippen molar-refractivity contribution >= 4 is 77.0 Å². The van der Waals surface area contributed by atoms with Crippen LogP contribution in [0.1, 0.15) is 69.9 Å². The Morgan fingerprint density at radius 3 is 1.52 bits per heavy atom. The van der Waals surface area contributed by atoms with E-state index in [0.717, 1.165) is 0 Å². The number of phenols is 1. The summed E-state index contributed by atoms with van der Waals surface area (Å²) in [6.07, 6.45) is -2.30. The standard InChI is InChI=1S/C48H68N12O17/c1-25(2)41(60-42(70)29(50)15-16-39(66)67)47(75)59-33(20-35(51)62)45(73)57-32(19-27-11-13-28(61)14-12-27)44(72)58-34(21-40(68)69)46(74)56-31(18-26-8-4-3-5-9-26)43(71)54-23-37(64)52-22-36(63)53-24-38(65)55-30(48(76)77)10-6-7-17-49/h3-5,8-9,11-14,25,29-34,41,61H,6-7,10,15-24,49-50H2,1-2H3,(H2,51,62)(H,52,64)(H,53,63)(H,54,71)(H,55,65)(H,56,74)(H,57,73)(H,58,72)(H,59,75)(H,60,70)(H,66,67)(H,68,69)(H,76,77)/t29-,30-,31-,32-,33-,34-,41-/m0/s1. The molecule has 0 bridgehead atoms. The normalized spacial score (nSPS) is 13.5. The van der Waals surface area contributed by atoms with Gasteiger partial charge in [-0.3, -0.25) is 57.5 Å². The maximum absolute atomic E-state index is 14.2. The second-order valence-electron chi connectivity index (χ2n) is 17.9. The summed E-state index contributed by atoms with van der Waals surface area (Å²) in [6.45, 7) is 1.29. The van der Waals surface area contributed by atoms with Crippen molar-refractivity contribution in [1.29, 1.82) is 0 Å². The minimum absolute atomic E-state index is 0.104. The number of unbranched alkanes of at least 4 members (excludes halogenated alkanes) is 1. The third-order valence-corrected chi connectivity index (χ3v) is 11.1. The first-order chi connectivity index (χ1) is 36.3. The number of benzene rings is 2. The molecule has 0 spiro atoms. The lowest BCUT2D eigenvalue weighted by Gasteiger charge is -2.28. The number of aliphatic carboxylic acids is 3. The van der Waals surface area contributed by atoms with Gasteiger partial charge in [-0.15, -0.1) is 0 Å². The lowest BCUT2D eigenvalue weighted by atomic mass is 10.0. The molecule has 10 amide bonds. The molecule has 0 saturated carbocycles. The largest absolute Gasteiger partial charge is 0.508 e. The Morgan fingerprint density at radius 2 is 1.00 bits per heavy atom. The first kappa shape index (κ1) is 64.4. The van der Waals surface area contributed by atoms with Crippen LogP contribution in [0.4, 0.5) is 0 Å². The highest BCUT2D eigenvalue weighted by atomic mass is 16.4. The van der Waals surface area contributed by atoms with Crippen molar-refractivity contribution in [2.24, 2.45) is 23.1 Å². The van der Waals surface area contributed by atoms with Crippen LogP contribution >= 0.6 is 0 Å². The summed E-state index contributed by atoms with van der Waals surface area (Å²) >= 11 is 0. The van der Waals surface area contributed by atoms with E-state index in [4.69, 9.17) is 22.3 Å². The Labute approximate surface area is 441 Å². The molecule has 0 radical (unpaired) electrons. The minimum atomic E-state index is -1.97. The molecule has 2 rings (SSSR count). The Morgan fingerprint density at radius 1 is 0.506 bits per heavy atom. The molecule has 2 aromatic carbocycles. The van der Waals surface area contributed by atoms with Crippen LogP contribution in [0.3, 0.4) is 0 Å². The van der Waals surface area contributed by atoms with Crippen molar-refractivity contribution in [3.05, 3.63) is 65.7 Å². The Balaban J connectivity index is 2.30. The number of rotatable bonds is 35. The molecular weight excluding hydrogens is 1020 g/mol. The van der Waals surface area contributed by atoms with E-state index in [1.807, 2.05) is 0 Å². The van der Waals surface area contributed by atoms with Crippen LogP contribution in [0.2, 0.25) is 0 Å². The molecule has 0 heterocycles. The zero-order valence-electron chi connectivity index (χ0n) is 42.3. The van der Waals surface area contributed by atoms with Crippen molar-refractivity contribution in [3.8, 4) is 5.75 Å². The molecule has 0 saturated heterocycles. The second kappa shape index (κ2) is 33.2. The molecule has 0 unspecified atom stereocenters. The Bertz CT molecular complexity index is 2410. The molecule has 29 nitrogen and oxygen atoms in total. The maximum atomic E-state index is 14.2. The number of carboxylic acid groups (broad SMARTS) is 3. The average molecular weight is 1090 g/mol. The molecule has 29 heteroatoms. The van der Waals surface area contributed by atoms with E-state index in [1.54, 1.807) is 30.3 Å². The van der Waals surface area contributed by atoms with Crippen LogP contribution < -0.4 is 65.1 Å². The van der Waals surface area contributed by atoms with Gasteiger partial charge in [-0.1, -0.05) is 56.3 Å². The summed E-state index contributed by atoms with van der Waals surface area (Å²) < 4.78 is 0. The van der Waals surface area contributed by atoms with Crippen molar-refractivity contribution in [2.75, 3.05) is 26.2 Å². The quantitative estimate of drug-likeness (QED) is 0.0287. The number of amides is 10. The number of carbonyl (C=O) groups excluding carboxylic acids is 10. The predicted octanol–water partition coefficient (Wildman–Crippen LogP) is -5.15. The van der Waals surface area contributed by atoms with Crippen LogP contribution in [0.25, 0.3) is 0 Å². The third kappa shape index (κ3) is 25.4. The molecule has 0 aliphatic carbocycles. The van der Waals surface area contributed by atoms with E-state index in [0.29, 0.717) is 24.9 Å². The van der Waals surface area contributed by atoms with Gasteiger partial charge < -0.3 is 85.5 Å². The molecule has 77 heavy (non-hydrogen) atoms. The zero-order chi connectivity index (χ0) is 57.8. The number of phenolic OH excluding ortho intramolecular Hbond substituents is 1. The molecule has 19 N–H and O–H groups in total. The molecular formula is C48H68N12O17. The first-order valence-corrected chi connectivity index (χ1v) is 24.1. The summed E-state index contributed by atoms with van der Waals surface area (Å²) in [7, 11) is 0. The van der Waals surface area contributed by atoms with E-state index < -0.39 is 171 Å². The number of hydrogen-bond donors (Lipinski definition) is 16. The fraction of sp³-hybridized carbons (Fsp3) is 0.479. The number of carboxylic acids is 3. The van der Waals surface area contributed by atoms with Gasteiger partial charge >= 0.3 is 17.9 Å². The van der Waals surface area contributed by atoms with Gasteiger partial charge in [0.25, 0.3) is 0 Å². The fourth-order valence-corrected chi connectivity index (χ4v) is 6.98. The van der Waals surface area contributed by atoms with Crippen LogP contribution in [0, 0.1) is 5.92 Å². The highest BCUT2D eigenvalue weighted by Crippen LogP contribution is 2.13.